The van der Waals surface area contributed by atoms with Crippen molar-refractivity contribution in [2.24, 2.45) is 0 Å². The number of benzene rings is 3. The Kier molecular flexibility index (Phi) is 11.2. The Morgan fingerprint density at radius 2 is 1.70 bits per heavy atom. The molecule has 0 aliphatic heterocycles. The van der Waals surface area contributed by atoms with E-state index in [-0.39, 0.29) is 23.4 Å². The average molecular weight is 624 g/mol. The highest BCUT2D eigenvalue weighted by Gasteiger charge is 2.33. The fourth-order valence-corrected chi connectivity index (χ4v) is 7.08. The van der Waals surface area contributed by atoms with Gasteiger partial charge in [-0.2, -0.15) is 0 Å². The number of hydrogen-bond donors (Lipinski definition) is 1. The van der Waals surface area contributed by atoms with Crippen molar-refractivity contribution in [2.75, 3.05) is 23.7 Å². The summed E-state index contributed by atoms with van der Waals surface area (Å²) in [5.74, 6) is -0.123. The highest BCUT2D eigenvalue weighted by atomic mass is 32.2. The molecule has 0 heterocycles. The quantitative estimate of drug-likeness (QED) is 0.242. The molecule has 0 saturated heterocycles. The van der Waals surface area contributed by atoms with Gasteiger partial charge in [-0.05, 0) is 94.0 Å². The molecule has 3 aromatic rings. The van der Waals surface area contributed by atoms with Crippen LogP contribution in [0.2, 0.25) is 0 Å². The number of thioether (sulfide) groups is 1. The lowest BCUT2D eigenvalue weighted by Gasteiger charge is -2.32. The fourth-order valence-electron chi connectivity index (χ4n) is 5.26. The van der Waals surface area contributed by atoms with Gasteiger partial charge in [0, 0.05) is 17.5 Å². The molecule has 230 valence electrons. The Labute approximate surface area is 259 Å². The zero-order chi connectivity index (χ0) is 31.0. The minimum Gasteiger partial charge on any atom is -0.494 e. The second-order valence-electron chi connectivity index (χ2n) is 10.8. The molecule has 1 N–H and O–H groups in total. The van der Waals surface area contributed by atoms with Crippen molar-refractivity contribution >= 4 is 39.3 Å². The first-order chi connectivity index (χ1) is 20.6. The molecule has 1 saturated carbocycles. The molecule has 1 atom stereocenters. The number of rotatable bonds is 13. The van der Waals surface area contributed by atoms with Gasteiger partial charge in [-0.25, -0.2) is 8.42 Å². The van der Waals surface area contributed by atoms with Crippen LogP contribution >= 0.6 is 11.8 Å². The summed E-state index contributed by atoms with van der Waals surface area (Å²) in [4.78, 5) is 30.0. The SMILES string of the molecule is CCOc1ccc(N(CC(=O)N(Cc2cccc(C)c2)[C@H](C)C(=O)NC2CCCC2)S(=O)(=O)c2ccc(SC)cc2)cc1. The molecule has 0 spiro atoms. The van der Waals surface area contributed by atoms with Crippen LogP contribution < -0.4 is 14.4 Å². The van der Waals surface area contributed by atoms with E-state index in [9.17, 15) is 18.0 Å². The summed E-state index contributed by atoms with van der Waals surface area (Å²) in [6, 6.07) is 20.3. The van der Waals surface area contributed by atoms with Crippen molar-refractivity contribution in [3.8, 4) is 5.75 Å². The number of nitrogens with one attached hydrogen (secondary N) is 1. The zero-order valence-electron chi connectivity index (χ0n) is 25.3. The van der Waals surface area contributed by atoms with Gasteiger partial charge in [0.1, 0.15) is 18.3 Å². The molecule has 2 amide bonds. The van der Waals surface area contributed by atoms with E-state index in [1.807, 2.05) is 44.4 Å². The number of carbonyl (C=O) groups is 2. The van der Waals surface area contributed by atoms with E-state index >= 15 is 0 Å². The molecule has 1 aliphatic rings. The lowest BCUT2D eigenvalue weighted by atomic mass is 10.1. The highest BCUT2D eigenvalue weighted by molar-refractivity contribution is 7.98. The van der Waals surface area contributed by atoms with E-state index in [1.165, 1.54) is 16.7 Å². The third-order valence-corrected chi connectivity index (χ3v) is 10.2. The van der Waals surface area contributed by atoms with E-state index in [4.69, 9.17) is 4.74 Å². The van der Waals surface area contributed by atoms with Crippen molar-refractivity contribution in [1.29, 1.82) is 0 Å². The van der Waals surface area contributed by atoms with Crippen LogP contribution in [0, 0.1) is 6.92 Å². The maximum absolute atomic E-state index is 14.2. The Bertz CT molecular complexity index is 1490. The van der Waals surface area contributed by atoms with Crippen molar-refractivity contribution in [1.82, 2.24) is 10.2 Å². The van der Waals surface area contributed by atoms with Crippen molar-refractivity contribution in [3.63, 3.8) is 0 Å². The van der Waals surface area contributed by atoms with Gasteiger partial charge in [0.15, 0.2) is 0 Å². The second-order valence-corrected chi connectivity index (χ2v) is 13.5. The molecule has 0 aromatic heterocycles. The predicted molar refractivity (Wildman–Crippen MR) is 172 cm³/mol. The number of sulfonamides is 1. The number of ether oxygens (including phenoxy) is 1. The van der Waals surface area contributed by atoms with Crippen LogP contribution in [0.25, 0.3) is 0 Å². The molecule has 43 heavy (non-hydrogen) atoms. The molecule has 3 aromatic carbocycles. The number of nitrogens with zero attached hydrogens (tertiary/aromatic N) is 2. The summed E-state index contributed by atoms with van der Waals surface area (Å²) in [5.41, 5.74) is 2.21. The summed E-state index contributed by atoms with van der Waals surface area (Å²) >= 11 is 1.51. The van der Waals surface area contributed by atoms with E-state index < -0.39 is 28.5 Å². The normalized spacial score (nSPS) is 14.2. The lowest BCUT2D eigenvalue weighted by molar-refractivity contribution is -0.139. The maximum atomic E-state index is 14.2. The minimum absolute atomic E-state index is 0.0734. The molecule has 4 rings (SSSR count). The van der Waals surface area contributed by atoms with Crippen LogP contribution in [-0.4, -0.2) is 56.6 Å². The first kappa shape index (κ1) is 32.4. The van der Waals surface area contributed by atoms with Crippen molar-refractivity contribution < 1.29 is 22.7 Å². The fraction of sp³-hybridized carbons (Fsp3) is 0.394. The van der Waals surface area contributed by atoms with E-state index in [2.05, 4.69) is 5.32 Å². The maximum Gasteiger partial charge on any atom is 0.264 e. The van der Waals surface area contributed by atoms with Crippen LogP contribution in [0.1, 0.15) is 50.7 Å². The molecular formula is C33H41N3O5S2. The van der Waals surface area contributed by atoms with Gasteiger partial charge in [-0.15, -0.1) is 11.8 Å². The van der Waals surface area contributed by atoms with E-state index in [0.29, 0.717) is 18.0 Å². The molecule has 8 nitrogen and oxygen atoms in total. The van der Waals surface area contributed by atoms with Crippen LogP contribution in [0.15, 0.2) is 82.6 Å². The van der Waals surface area contributed by atoms with E-state index in [0.717, 1.165) is 46.0 Å². The second kappa shape index (κ2) is 14.8. The topological polar surface area (TPSA) is 96.0 Å². The highest BCUT2D eigenvalue weighted by Crippen LogP contribution is 2.28. The van der Waals surface area contributed by atoms with Crippen LogP contribution in [0.3, 0.4) is 0 Å². The van der Waals surface area contributed by atoms with Gasteiger partial charge in [-0.1, -0.05) is 42.7 Å². The van der Waals surface area contributed by atoms with Gasteiger partial charge in [0.25, 0.3) is 10.0 Å². The third-order valence-electron chi connectivity index (χ3n) is 7.67. The molecule has 0 unspecified atom stereocenters. The molecule has 0 radical (unpaired) electrons. The van der Waals surface area contributed by atoms with E-state index in [1.54, 1.807) is 55.5 Å². The molecular weight excluding hydrogens is 583 g/mol. The number of amides is 2. The zero-order valence-corrected chi connectivity index (χ0v) is 26.9. The molecule has 0 bridgehead atoms. The molecule has 1 aliphatic carbocycles. The summed E-state index contributed by atoms with van der Waals surface area (Å²) in [6.07, 6.45) is 5.89. The van der Waals surface area contributed by atoms with Crippen LogP contribution in [-0.2, 0) is 26.2 Å². The summed E-state index contributed by atoms with van der Waals surface area (Å²) in [6.45, 7) is 5.70. The minimum atomic E-state index is -4.14. The van der Waals surface area contributed by atoms with Gasteiger partial charge in [0.2, 0.25) is 11.8 Å². The third kappa shape index (κ3) is 8.32. The van der Waals surface area contributed by atoms with Gasteiger partial charge >= 0.3 is 0 Å². The first-order valence-corrected chi connectivity index (χ1v) is 17.3. The monoisotopic (exact) mass is 623 g/mol. The van der Waals surface area contributed by atoms with Crippen LogP contribution in [0.5, 0.6) is 5.75 Å². The Morgan fingerprint density at radius 1 is 1.02 bits per heavy atom. The number of aryl methyl sites for hydroxylation is 1. The smallest absolute Gasteiger partial charge is 0.264 e. The Hall–Kier alpha value is -3.50. The summed E-state index contributed by atoms with van der Waals surface area (Å²) in [7, 11) is -4.14. The molecule has 1 fully saturated rings. The van der Waals surface area contributed by atoms with Gasteiger partial charge < -0.3 is 15.0 Å². The number of hydrogen-bond acceptors (Lipinski definition) is 6. The predicted octanol–water partition coefficient (Wildman–Crippen LogP) is 5.79. The summed E-state index contributed by atoms with van der Waals surface area (Å²) in [5, 5.41) is 3.10. The Balaban J connectivity index is 1.69. The molecule has 10 heteroatoms. The number of anilines is 1. The average Bonchev–Trinajstić information content (AvgIpc) is 3.52. The van der Waals surface area contributed by atoms with Gasteiger partial charge in [0.05, 0.1) is 17.2 Å². The van der Waals surface area contributed by atoms with Crippen LogP contribution in [0.4, 0.5) is 5.69 Å². The largest absolute Gasteiger partial charge is 0.494 e. The van der Waals surface area contributed by atoms with Crippen molar-refractivity contribution in [2.45, 2.75) is 74.9 Å². The van der Waals surface area contributed by atoms with Crippen molar-refractivity contribution in [3.05, 3.63) is 83.9 Å². The summed E-state index contributed by atoms with van der Waals surface area (Å²) < 4.78 is 34.8. The van der Waals surface area contributed by atoms with Gasteiger partial charge in [-0.3, -0.25) is 13.9 Å². The first-order valence-electron chi connectivity index (χ1n) is 14.7. The number of carbonyl (C=O) groups excluding carboxylic acids is 2. The lowest BCUT2D eigenvalue weighted by Crippen LogP contribution is -2.52. The standard InChI is InChI=1S/C33H41N3O5S2/c1-5-41-29-15-13-28(14-16-29)36(43(39,40)31-19-17-30(42-4)18-20-31)23-32(37)35(22-26-10-8-9-24(2)21-26)25(3)33(38)34-27-11-6-7-12-27/h8-10,13-21,25,27H,5-7,11-12,22-23H2,1-4H3,(H,34,38)/t25-/m1/s1. The Morgan fingerprint density at radius 3 is 2.30 bits per heavy atom.